The fraction of sp³-hybridized carbons (Fsp3) is 0.174. The van der Waals surface area contributed by atoms with Crippen LogP contribution in [0.1, 0.15) is 34.6 Å². The number of aryl methyl sites for hydroxylation is 1. The number of furan rings is 1. The molecule has 1 N–H and O–H groups in total. The summed E-state index contributed by atoms with van der Waals surface area (Å²) in [4.78, 5) is 23.9. The lowest BCUT2D eigenvalue weighted by Gasteiger charge is -2.09. The number of hydrogen-bond donors (Lipinski definition) is 1. The number of nitriles is 2. The molecule has 2 aromatic heterocycles. The van der Waals surface area contributed by atoms with Crippen molar-refractivity contribution >= 4 is 34.0 Å². The predicted octanol–water partition coefficient (Wildman–Crippen LogP) is 5.35. The summed E-state index contributed by atoms with van der Waals surface area (Å²) in [5, 5.41) is 33.1. The number of benzene rings is 1. The van der Waals surface area contributed by atoms with Crippen molar-refractivity contribution < 1.29 is 18.5 Å². The van der Waals surface area contributed by atoms with Gasteiger partial charge in [0.1, 0.15) is 34.2 Å². The van der Waals surface area contributed by atoms with Crippen LogP contribution >= 0.6 is 11.3 Å². The summed E-state index contributed by atoms with van der Waals surface area (Å²) in [5.41, 5.74) is 0.754. The van der Waals surface area contributed by atoms with E-state index in [0.717, 1.165) is 48.3 Å². The smallest absolute Gasteiger partial charge is 0.305 e. The van der Waals surface area contributed by atoms with Gasteiger partial charge in [0.15, 0.2) is 0 Å². The number of nitrogens with one attached hydrogen (secondary N) is 1. The number of carbonyl (C=O) groups is 1. The van der Waals surface area contributed by atoms with Gasteiger partial charge in [0.05, 0.1) is 10.5 Å². The molecule has 0 fully saturated rings. The van der Waals surface area contributed by atoms with Crippen molar-refractivity contribution in [2.24, 2.45) is 0 Å². The molecule has 164 valence electrons. The second-order valence-corrected chi connectivity index (χ2v) is 8.38. The van der Waals surface area contributed by atoms with E-state index in [0.29, 0.717) is 10.6 Å². The zero-order valence-electron chi connectivity index (χ0n) is 17.1. The van der Waals surface area contributed by atoms with Crippen LogP contribution in [0.25, 0.3) is 17.4 Å². The number of fused-ring (bicyclic) bond motifs is 1. The maximum absolute atomic E-state index is 13.6. The molecule has 33 heavy (non-hydrogen) atoms. The average Bonchev–Trinajstić information content (AvgIpc) is 3.41. The number of anilines is 1. The second-order valence-electron chi connectivity index (χ2n) is 7.28. The van der Waals surface area contributed by atoms with Crippen molar-refractivity contribution in [1.82, 2.24) is 0 Å². The predicted molar refractivity (Wildman–Crippen MR) is 119 cm³/mol. The van der Waals surface area contributed by atoms with Crippen LogP contribution in [0.2, 0.25) is 0 Å². The minimum atomic E-state index is -0.967. The van der Waals surface area contributed by atoms with Crippen LogP contribution in [0.15, 0.2) is 40.3 Å². The van der Waals surface area contributed by atoms with E-state index in [1.54, 1.807) is 0 Å². The first-order chi connectivity index (χ1) is 15.9. The van der Waals surface area contributed by atoms with Gasteiger partial charge in [-0.15, -0.1) is 11.3 Å². The lowest BCUT2D eigenvalue weighted by atomic mass is 9.96. The molecule has 2 heterocycles. The zero-order chi connectivity index (χ0) is 23.5. The van der Waals surface area contributed by atoms with Crippen LogP contribution < -0.4 is 5.32 Å². The van der Waals surface area contributed by atoms with Crippen molar-refractivity contribution in [3.05, 3.63) is 73.6 Å². The van der Waals surface area contributed by atoms with Gasteiger partial charge >= 0.3 is 5.69 Å². The third-order valence-electron chi connectivity index (χ3n) is 5.22. The lowest BCUT2D eigenvalue weighted by molar-refractivity contribution is -0.387. The third-order valence-corrected chi connectivity index (χ3v) is 6.42. The number of halogens is 1. The number of rotatable bonds is 5. The summed E-state index contributed by atoms with van der Waals surface area (Å²) in [5.74, 6) is -1.27. The minimum absolute atomic E-state index is 0.162. The highest BCUT2D eigenvalue weighted by Gasteiger charge is 2.23. The van der Waals surface area contributed by atoms with Crippen molar-refractivity contribution in [2.45, 2.75) is 25.7 Å². The van der Waals surface area contributed by atoms with E-state index in [9.17, 15) is 29.8 Å². The number of nitro benzene ring substituents is 1. The van der Waals surface area contributed by atoms with Crippen LogP contribution in [0.4, 0.5) is 15.1 Å². The van der Waals surface area contributed by atoms with Gasteiger partial charge in [-0.3, -0.25) is 14.9 Å². The van der Waals surface area contributed by atoms with Crippen molar-refractivity contribution in [1.29, 1.82) is 10.5 Å². The number of nitrogens with zero attached hydrogens (tertiary/aromatic N) is 3. The van der Waals surface area contributed by atoms with E-state index >= 15 is 0 Å². The van der Waals surface area contributed by atoms with Crippen LogP contribution in [0.5, 0.6) is 0 Å². The molecule has 1 aliphatic rings. The molecule has 0 radical (unpaired) electrons. The van der Waals surface area contributed by atoms with E-state index in [-0.39, 0.29) is 22.7 Å². The number of nitro groups is 1. The molecule has 3 aromatic rings. The molecule has 4 rings (SSSR count). The molecule has 10 heteroatoms. The fourth-order valence-electron chi connectivity index (χ4n) is 3.62. The van der Waals surface area contributed by atoms with Crippen molar-refractivity contribution in [3.8, 4) is 23.5 Å². The first-order valence-electron chi connectivity index (χ1n) is 9.93. The van der Waals surface area contributed by atoms with Gasteiger partial charge < -0.3 is 9.73 Å². The molecule has 0 aliphatic heterocycles. The fourth-order valence-corrected chi connectivity index (χ4v) is 4.86. The zero-order valence-corrected chi connectivity index (χ0v) is 17.9. The topological polar surface area (TPSA) is 133 Å². The molecular weight excluding hydrogens is 447 g/mol. The highest BCUT2D eigenvalue weighted by molar-refractivity contribution is 7.16. The summed E-state index contributed by atoms with van der Waals surface area (Å²) in [6.45, 7) is 0. The SMILES string of the molecule is N#C/C(=C\c1ccc(-c2ccc(F)c([N+](=O)[O-])c2)o1)C(=O)Nc1sc2c(c1C#N)CCCC2. The van der Waals surface area contributed by atoms with Gasteiger partial charge in [0, 0.05) is 22.6 Å². The largest absolute Gasteiger partial charge is 0.457 e. The first-order valence-corrected chi connectivity index (χ1v) is 10.7. The second kappa shape index (κ2) is 9.07. The average molecular weight is 462 g/mol. The minimum Gasteiger partial charge on any atom is -0.457 e. The van der Waals surface area contributed by atoms with Crippen molar-refractivity contribution in [2.75, 3.05) is 5.32 Å². The van der Waals surface area contributed by atoms with E-state index in [1.165, 1.54) is 35.6 Å². The van der Waals surface area contributed by atoms with E-state index in [4.69, 9.17) is 4.42 Å². The summed E-state index contributed by atoms with van der Waals surface area (Å²) < 4.78 is 19.2. The van der Waals surface area contributed by atoms with E-state index < -0.39 is 22.3 Å². The quantitative estimate of drug-likeness (QED) is 0.235. The molecule has 1 aromatic carbocycles. The molecule has 0 saturated heterocycles. The summed E-state index contributed by atoms with van der Waals surface area (Å²) >= 11 is 1.36. The van der Waals surface area contributed by atoms with Gasteiger partial charge in [0.25, 0.3) is 5.91 Å². The molecule has 1 amide bonds. The van der Waals surface area contributed by atoms with Crippen LogP contribution in [-0.2, 0) is 17.6 Å². The van der Waals surface area contributed by atoms with Gasteiger partial charge in [-0.2, -0.15) is 14.9 Å². The normalized spacial score (nSPS) is 13.0. The van der Waals surface area contributed by atoms with Gasteiger partial charge in [-0.1, -0.05) is 0 Å². The Morgan fingerprint density at radius 1 is 1.24 bits per heavy atom. The maximum Gasteiger partial charge on any atom is 0.305 e. The molecule has 1 aliphatic carbocycles. The number of carbonyl (C=O) groups excluding carboxylic acids is 1. The molecule has 8 nitrogen and oxygen atoms in total. The highest BCUT2D eigenvalue weighted by Crippen LogP contribution is 2.38. The summed E-state index contributed by atoms with van der Waals surface area (Å²) in [7, 11) is 0. The molecule has 0 unspecified atom stereocenters. The Bertz CT molecular complexity index is 1390. The standard InChI is InChI=1S/C23H15FN4O4S/c24-18-7-5-13(10-19(18)28(30)31)20-8-6-15(32-20)9-14(11-25)22(29)27-23-17(12-26)16-3-1-2-4-21(16)33-23/h5-10H,1-4H2,(H,27,29)/b14-9+. The summed E-state index contributed by atoms with van der Waals surface area (Å²) in [6, 6.07) is 10.3. The number of amides is 1. The van der Waals surface area contributed by atoms with Crippen LogP contribution in [0.3, 0.4) is 0 Å². The van der Waals surface area contributed by atoms with Gasteiger partial charge in [-0.25, -0.2) is 0 Å². The molecular formula is C23H15FN4O4S. The highest BCUT2D eigenvalue weighted by atomic mass is 32.1. The van der Waals surface area contributed by atoms with E-state index in [1.807, 2.05) is 6.07 Å². The van der Waals surface area contributed by atoms with E-state index in [2.05, 4.69) is 11.4 Å². The Morgan fingerprint density at radius 3 is 2.76 bits per heavy atom. The monoisotopic (exact) mass is 462 g/mol. The summed E-state index contributed by atoms with van der Waals surface area (Å²) in [6.07, 6.45) is 4.92. The number of hydrogen-bond acceptors (Lipinski definition) is 7. The molecule has 0 saturated carbocycles. The maximum atomic E-state index is 13.6. The van der Waals surface area contributed by atoms with Gasteiger partial charge in [0.2, 0.25) is 5.82 Å². The Labute approximate surface area is 191 Å². The Kier molecular flexibility index (Phi) is 6.03. The van der Waals surface area contributed by atoms with Crippen molar-refractivity contribution in [3.63, 3.8) is 0 Å². The van der Waals surface area contributed by atoms with Crippen LogP contribution in [0, 0.1) is 38.6 Å². The third kappa shape index (κ3) is 4.38. The number of thiophene rings is 1. The Morgan fingerprint density at radius 2 is 2.03 bits per heavy atom. The van der Waals surface area contributed by atoms with Gasteiger partial charge in [-0.05, 0) is 55.5 Å². The molecule has 0 bridgehead atoms. The molecule has 0 spiro atoms. The lowest BCUT2D eigenvalue weighted by Crippen LogP contribution is -2.13. The Balaban J connectivity index is 1.58. The Hall–Kier alpha value is -4.28. The first kappa shape index (κ1) is 21.9. The molecule has 0 atom stereocenters. The van der Waals surface area contributed by atoms with Crippen LogP contribution in [-0.4, -0.2) is 10.8 Å².